The first-order valence-electron chi connectivity index (χ1n) is 9.27. The lowest BCUT2D eigenvalue weighted by Gasteiger charge is -2.17. The summed E-state index contributed by atoms with van der Waals surface area (Å²) in [6, 6.07) is 14.9. The van der Waals surface area contributed by atoms with Gasteiger partial charge in [-0.1, -0.05) is 54.9 Å². The number of halogens is 1. The van der Waals surface area contributed by atoms with Crippen LogP contribution in [-0.4, -0.2) is 28.0 Å². The fourth-order valence-corrected chi connectivity index (χ4v) is 3.96. The van der Waals surface area contributed by atoms with Crippen molar-refractivity contribution >= 4 is 34.8 Å². The van der Waals surface area contributed by atoms with Crippen LogP contribution in [0.1, 0.15) is 33.6 Å². The van der Waals surface area contributed by atoms with E-state index in [2.05, 4.69) is 10.3 Å². The number of nitrogens with one attached hydrogen (secondary N) is 1. The maximum Gasteiger partial charge on any atom is 0.305 e. The number of amides is 1. The van der Waals surface area contributed by atoms with Crippen molar-refractivity contribution in [2.45, 2.75) is 32.2 Å². The Balaban J connectivity index is 1.71. The molecule has 150 valence electrons. The second kappa shape index (κ2) is 9.67. The monoisotopic (exact) mass is 428 g/mol. The lowest BCUT2D eigenvalue weighted by Crippen LogP contribution is -2.37. The van der Waals surface area contributed by atoms with E-state index in [0.29, 0.717) is 16.3 Å². The first-order valence-corrected chi connectivity index (χ1v) is 10.5. The number of hydrogen-bond donors (Lipinski definition) is 2. The molecule has 2 N–H and O–H groups in total. The van der Waals surface area contributed by atoms with Crippen molar-refractivity contribution in [2.75, 3.05) is 0 Å². The molecule has 0 aliphatic heterocycles. The molecule has 3 rings (SSSR count). The molecule has 3 aromatic rings. The highest BCUT2D eigenvalue weighted by atomic mass is 35.5. The highest BCUT2D eigenvalue weighted by Gasteiger charge is 2.19. The Morgan fingerprint density at radius 2 is 1.93 bits per heavy atom. The number of carboxylic acid groups (broad SMARTS) is 1. The van der Waals surface area contributed by atoms with Crippen molar-refractivity contribution in [3.8, 4) is 11.1 Å². The van der Waals surface area contributed by atoms with E-state index in [1.807, 2.05) is 55.5 Å². The summed E-state index contributed by atoms with van der Waals surface area (Å²) < 4.78 is 0. The largest absolute Gasteiger partial charge is 0.481 e. The molecule has 0 radical (unpaired) electrons. The molecule has 7 heteroatoms. The van der Waals surface area contributed by atoms with Crippen LogP contribution in [0.25, 0.3) is 11.1 Å². The lowest BCUT2D eigenvalue weighted by molar-refractivity contribution is -0.137. The maximum absolute atomic E-state index is 12.5. The molecule has 1 aromatic heterocycles. The van der Waals surface area contributed by atoms with Gasteiger partial charge in [0.15, 0.2) is 0 Å². The molecular formula is C22H21ClN2O3S. The molecule has 1 unspecified atom stereocenters. The summed E-state index contributed by atoms with van der Waals surface area (Å²) in [5.74, 6) is -1.24. The molecule has 0 bridgehead atoms. The second-order valence-corrected chi connectivity index (χ2v) is 8.20. The van der Waals surface area contributed by atoms with Gasteiger partial charge in [0.1, 0.15) is 4.88 Å². The Labute approximate surface area is 178 Å². The molecule has 0 fully saturated rings. The molecule has 0 aliphatic carbocycles. The van der Waals surface area contributed by atoms with Crippen LogP contribution in [0.15, 0.2) is 54.7 Å². The molecule has 1 heterocycles. The zero-order valence-corrected chi connectivity index (χ0v) is 17.5. The van der Waals surface area contributed by atoms with Crippen LogP contribution in [0.3, 0.4) is 0 Å². The number of carboxylic acids is 1. The van der Waals surface area contributed by atoms with Crippen LogP contribution in [-0.2, 0) is 17.6 Å². The summed E-state index contributed by atoms with van der Waals surface area (Å²) in [6.07, 6.45) is 2.57. The topological polar surface area (TPSA) is 79.3 Å². The molecule has 1 amide bonds. The Morgan fingerprint density at radius 1 is 1.17 bits per heavy atom. The zero-order valence-electron chi connectivity index (χ0n) is 15.9. The average Bonchev–Trinajstić information content (AvgIpc) is 3.17. The van der Waals surface area contributed by atoms with Crippen molar-refractivity contribution in [1.29, 1.82) is 0 Å². The van der Waals surface area contributed by atoms with Crippen LogP contribution >= 0.6 is 22.9 Å². The minimum absolute atomic E-state index is 0.152. The molecule has 29 heavy (non-hydrogen) atoms. The van der Waals surface area contributed by atoms with Gasteiger partial charge in [-0.25, -0.2) is 4.98 Å². The minimum Gasteiger partial charge on any atom is -0.481 e. The SMILES string of the molecule is CCc1ncc(C(=O)NC(CC(=O)O)Cc2ccc(-c3cccc(Cl)c3)cc2)s1. The van der Waals surface area contributed by atoms with Crippen LogP contribution in [0.2, 0.25) is 5.02 Å². The second-order valence-electron chi connectivity index (χ2n) is 6.65. The third kappa shape index (κ3) is 5.89. The number of rotatable bonds is 8. The van der Waals surface area contributed by atoms with Gasteiger partial charge in [-0.2, -0.15) is 0 Å². The number of nitrogens with zero attached hydrogens (tertiary/aromatic N) is 1. The Hall–Kier alpha value is -2.70. The van der Waals surface area contributed by atoms with Crippen molar-refractivity contribution < 1.29 is 14.7 Å². The number of thiazole rings is 1. The predicted molar refractivity (Wildman–Crippen MR) is 116 cm³/mol. The van der Waals surface area contributed by atoms with E-state index < -0.39 is 12.0 Å². The van der Waals surface area contributed by atoms with Crippen LogP contribution in [0.4, 0.5) is 0 Å². The molecule has 1 atom stereocenters. The van der Waals surface area contributed by atoms with Gasteiger partial charge in [-0.05, 0) is 41.7 Å². The van der Waals surface area contributed by atoms with Crippen molar-refractivity contribution in [3.05, 3.63) is 75.2 Å². The molecule has 2 aromatic carbocycles. The number of carbonyl (C=O) groups is 2. The van der Waals surface area contributed by atoms with Gasteiger partial charge in [0.25, 0.3) is 5.91 Å². The van der Waals surface area contributed by atoms with E-state index in [1.165, 1.54) is 17.5 Å². The predicted octanol–water partition coefficient (Wildman–Crippen LogP) is 4.84. The van der Waals surface area contributed by atoms with Gasteiger partial charge in [0, 0.05) is 11.1 Å². The van der Waals surface area contributed by atoms with Crippen molar-refractivity contribution in [3.63, 3.8) is 0 Å². The van der Waals surface area contributed by atoms with E-state index in [9.17, 15) is 14.7 Å². The van der Waals surface area contributed by atoms with Gasteiger partial charge in [-0.3, -0.25) is 9.59 Å². The number of aromatic nitrogens is 1. The summed E-state index contributed by atoms with van der Waals surface area (Å²) in [7, 11) is 0. The Morgan fingerprint density at radius 3 is 2.55 bits per heavy atom. The van der Waals surface area contributed by atoms with Gasteiger partial charge < -0.3 is 10.4 Å². The number of aliphatic carboxylic acids is 1. The average molecular weight is 429 g/mol. The normalized spacial score (nSPS) is 11.8. The fourth-order valence-electron chi connectivity index (χ4n) is 3.01. The fraction of sp³-hybridized carbons (Fsp3) is 0.227. The van der Waals surface area contributed by atoms with Gasteiger partial charge in [0.2, 0.25) is 0 Å². The van der Waals surface area contributed by atoms with Crippen LogP contribution < -0.4 is 5.32 Å². The summed E-state index contributed by atoms with van der Waals surface area (Å²) in [4.78, 5) is 28.4. The summed E-state index contributed by atoms with van der Waals surface area (Å²) in [5.41, 5.74) is 2.98. The van der Waals surface area contributed by atoms with E-state index in [4.69, 9.17) is 11.6 Å². The van der Waals surface area contributed by atoms with E-state index >= 15 is 0 Å². The number of hydrogen-bond acceptors (Lipinski definition) is 4. The maximum atomic E-state index is 12.5. The Bertz CT molecular complexity index is 1000. The number of benzene rings is 2. The first-order chi connectivity index (χ1) is 13.9. The van der Waals surface area contributed by atoms with Gasteiger partial charge in [-0.15, -0.1) is 11.3 Å². The third-order valence-corrected chi connectivity index (χ3v) is 5.81. The lowest BCUT2D eigenvalue weighted by atomic mass is 9.99. The molecule has 0 spiro atoms. The number of carbonyl (C=O) groups excluding carboxylic acids is 1. The first kappa shape index (κ1) is 21.0. The van der Waals surface area contributed by atoms with E-state index in [0.717, 1.165) is 28.1 Å². The number of aryl methyl sites for hydroxylation is 1. The smallest absolute Gasteiger partial charge is 0.305 e. The highest BCUT2D eigenvalue weighted by molar-refractivity contribution is 7.13. The van der Waals surface area contributed by atoms with Gasteiger partial charge in [0.05, 0.1) is 17.6 Å². The standard InChI is InChI=1S/C22H21ClN2O3S/c1-2-20-24-13-19(29-20)22(28)25-18(12-21(26)27)10-14-6-8-15(9-7-14)16-4-3-5-17(23)11-16/h3-9,11,13,18H,2,10,12H2,1H3,(H,25,28)(H,26,27). The molecule has 0 saturated carbocycles. The van der Waals surface area contributed by atoms with E-state index in [-0.39, 0.29) is 12.3 Å². The van der Waals surface area contributed by atoms with Crippen molar-refractivity contribution in [2.24, 2.45) is 0 Å². The molecule has 0 aliphatic rings. The quantitative estimate of drug-likeness (QED) is 0.538. The zero-order chi connectivity index (χ0) is 20.8. The molecular weight excluding hydrogens is 408 g/mol. The summed E-state index contributed by atoms with van der Waals surface area (Å²) in [6.45, 7) is 1.97. The summed E-state index contributed by atoms with van der Waals surface area (Å²) in [5, 5.41) is 13.6. The van der Waals surface area contributed by atoms with Crippen LogP contribution in [0.5, 0.6) is 0 Å². The molecule has 0 saturated heterocycles. The van der Waals surface area contributed by atoms with Crippen LogP contribution in [0, 0.1) is 0 Å². The summed E-state index contributed by atoms with van der Waals surface area (Å²) >= 11 is 7.38. The third-order valence-electron chi connectivity index (χ3n) is 4.43. The van der Waals surface area contributed by atoms with E-state index in [1.54, 1.807) is 0 Å². The highest BCUT2D eigenvalue weighted by Crippen LogP contribution is 2.23. The van der Waals surface area contributed by atoms with Crippen molar-refractivity contribution in [1.82, 2.24) is 10.3 Å². The molecule has 5 nitrogen and oxygen atoms in total. The minimum atomic E-state index is -0.954. The Kier molecular flexibility index (Phi) is 7.01. The van der Waals surface area contributed by atoms with Gasteiger partial charge >= 0.3 is 5.97 Å².